The van der Waals surface area contributed by atoms with E-state index >= 15 is 0 Å². The summed E-state index contributed by atoms with van der Waals surface area (Å²) in [6.07, 6.45) is 3.84. The Kier molecular flexibility index (Phi) is 3.51. The molecule has 1 aromatic heterocycles. The second-order valence-electron chi connectivity index (χ2n) is 4.59. The first-order valence-corrected chi connectivity index (χ1v) is 6.97. The van der Waals surface area contributed by atoms with Crippen molar-refractivity contribution in [1.29, 1.82) is 0 Å². The van der Waals surface area contributed by atoms with Crippen LogP contribution in [0.3, 0.4) is 0 Å². The Hall–Kier alpha value is -1.77. The van der Waals surface area contributed by atoms with Gasteiger partial charge in [0.2, 0.25) is 0 Å². The molecular formula is C16H12Cl2N2. The first-order chi connectivity index (χ1) is 9.65. The highest BCUT2D eigenvalue weighted by Crippen LogP contribution is 2.26. The van der Waals surface area contributed by atoms with E-state index in [1.54, 1.807) is 16.8 Å². The molecule has 2 nitrogen and oxygen atoms in total. The highest BCUT2D eigenvalue weighted by molar-refractivity contribution is 6.42. The Labute approximate surface area is 127 Å². The predicted octanol–water partition coefficient (Wildman–Crippen LogP) is 5.15. The van der Waals surface area contributed by atoms with Gasteiger partial charge in [-0.3, -0.25) is 0 Å². The summed E-state index contributed by atoms with van der Waals surface area (Å²) in [5.41, 5.74) is 4.37. The lowest BCUT2D eigenvalue weighted by Crippen LogP contribution is -1.93. The lowest BCUT2D eigenvalue weighted by molar-refractivity contribution is 0.881. The molecule has 0 aliphatic rings. The number of halogens is 2. The molecular weight excluding hydrogens is 291 g/mol. The molecule has 0 saturated heterocycles. The van der Waals surface area contributed by atoms with Crippen LogP contribution in [0.4, 0.5) is 0 Å². The molecule has 0 atom stereocenters. The van der Waals surface area contributed by atoms with Gasteiger partial charge in [-0.15, -0.1) is 0 Å². The topological polar surface area (TPSA) is 17.8 Å². The molecule has 0 fully saturated rings. The molecule has 3 rings (SSSR count). The number of aromatic nitrogens is 2. The number of nitrogens with zero attached hydrogens (tertiary/aromatic N) is 2. The van der Waals surface area contributed by atoms with Crippen LogP contribution < -0.4 is 0 Å². The van der Waals surface area contributed by atoms with Crippen LogP contribution in [-0.4, -0.2) is 9.78 Å². The van der Waals surface area contributed by atoms with Gasteiger partial charge in [0.15, 0.2) is 0 Å². The van der Waals surface area contributed by atoms with Crippen molar-refractivity contribution in [2.75, 3.05) is 0 Å². The largest absolute Gasteiger partial charge is 0.240 e. The third-order valence-corrected chi connectivity index (χ3v) is 3.95. The van der Waals surface area contributed by atoms with Crippen molar-refractivity contribution in [3.63, 3.8) is 0 Å². The number of hydrogen-bond acceptors (Lipinski definition) is 1. The number of benzene rings is 2. The van der Waals surface area contributed by atoms with Gasteiger partial charge in [0.25, 0.3) is 0 Å². The first-order valence-electron chi connectivity index (χ1n) is 6.21. The zero-order chi connectivity index (χ0) is 14.1. The lowest BCUT2D eigenvalue weighted by Gasteiger charge is -2.03. The molecule has 0 N–H and O–H groups in total. The van der Waals surface area contributed by atoms with Crippen molar-refractivity contribution in [2.45, 2.75) is 6.92 Å². The molecule has 0 radical (unpaired) electrons. The smallest absolute Gasteiger partial charge is 0.0661 e. The van der Waals surface area contributed by atoms with E-state index in [-0.39, 0.29) is 0 Å². The van der Waals surface area contributed by atoms with Crippen molar-refractivity contribution in [1.82, 2.24) is 9.78 Å². The van der Waals surface area contributed by atoms with Crippen LogP contribution in [0.1, 0.15) is 5.56 Å². The van der Waals surface area contributed by atoms with Gasteiger partial charge in [-0.2, -0.15) is 5.10 Å². The van der Waals surface area contributed by atoms with E-state index in [9.17, 15) is 0 Å². The fourth-order valence-electron chi connectivity index (χ4n) is 2.13. The van der Waals surface area contributed by atoms with E-state index in [1.807, 2.05) is 30.6 Å². The third kappa shape index (κ3) is 2.45. The third-order valence-electron chi connectivity index (χ3n) is 3.21. The van der Waals surface area contributed by atoms with Gasteiger partial charge in [-0.25, -0.2) is 4.68 Å². The maximum absolute atomic E-state index is 6.04. The molecule has 0 spiro atoms. The second kappa shape index (κ2) is 5.31. The van der Waals surface area contributed by atoms with E-state index in [4.69, 9.17) is 23.2 Å². The van der Waals surface area contributed by atoms with Gasteiger partial charge >= 0.3 is 0 Å². The maximum Gasteiger partial charge on any atom is 0.0661 e. The molecule has 4 heteroatoms. The van der Waals surface area contributed by atoms with Gasteiger partial charge in [0, 0.05) is 11.8 Å². The highest BCUT2D eigenvalue weighted by Gasteiger charge is 2.07. The number of rotatable bonds is 2. The molecule has 3 aromatic rings. The van der Waals surface area contributed by atoms with Crippen LogP contribution >= 0.6 is 23.2 Å². The van der Waals surface area contributed by atoms with Gasteiger partial charge in [0.05, 0.1) is 21.9 Å². The van der Waals surface area contributed by atoms with E-state index in [0.29, 0.717) is 10.0 Å². The molecule has 0 saturated carbocycles. The van der Waals surface area contributed by atoms with Crippen LogP contribution in [0.2, 0.25) is 10.0 Å². The number of hydrogen-bond donors (Lipinski definition) is 0. The molecule has 0 unspecified atom stereocenters. The van der Waals surface area contributed by atoms with Crippen LogP contribution in [0.15, 0.2) is 54.9 Å². The second-order valence-corrected chi connectivity index (χ2v) is 5.40. The lowest BCUT2D eigenvalue weighted by atomic mass is 10.0. The van der Waals surface area contributed by atoms with Crippen molar-refractivity contribution in [3.05, 3.63) is 70.5 Å². The predicted molar refractivity (Wildman–Crippen MR) is 83.8 cm³/mol. The van der Waals surface area contributed by atoms with Crippen molar-refractivity contribution in [2.24, 2.45) is 0 Å². The number of aryl methyl sites for hydroxylation is 1. The summed E-state index contributed by atoms with van der Waals surface area (Å²) in [6, 6.07) is 13.7. The van der Waals surface area contributed by atoms with Crippen LogP contribution in [-0.2, 0) is 0 Å². The van der Waals surface area contributed by atoms with E-state index < -0.39 is 0 Å². The Balaban J connectivity index is 2.02. The summed E-state index contributed by atoms with van der Waals surface area (Å²) < 4.78 is 1.80. The molecule has 1 heterocycles. The minimum atomic E-state index is 0.525. The summed E-state index contributed by atoms with van der Waals surface area (Å²) >= 11 is 12.0. The molecule has 100 valence electrons. The summed E-state index contributed by atoms with van der Waals surface area (Å²) in [4.78, 5) is 0. The molecule has 0 aliphatic heterocycles. The van der Waals surface area contributed by atoms with E-state index in [1.165, 1.54) is 11.1 Å². The molecule has 0 aliphatic carbocycles. The van der Waals surface area contributed by atoms with Gasteiger partial charge in [-0.05, 0) is 36.2 Å². The minimum absolute atomic E-state index is 0.525. The average Bonchev–Trinajstić information content (AvgIpc) is 2.92. The monoisotopic (exact) mass is 302 g/mol. The Morgan fingerprint density at radius 1 is 1.00 bits per heavy atom. The SMILES string of the molecule is Cc1ccccc1-c1cnn(-c2ccc(Cl)c(Cl)c2)c1. The fraction of sp³-hybridized carbons (Fsp3) is 0.0625. The standard InChI is InChI=1S/C16H12Cl2N2/c1-11-4-2-3-5-14(11)12-9-19-20(10-12)13-6-7-15(17)16(18)8-13/h2-10H,1H3. The zero-order valence-electron chi connectivity index (χ0n) is 10.8. The minimum Gasteiger partial charge on any atom is -0.240 e. The zero-order valence-corrected chi connectivity index (χ0v) is 12.4. The van der Waals surface area contributed by atoms with Crippen LogP contribution in [0.25, 0.3) is 16.8 Å². The summed E-state index contributed by atoms with van der Waals surface area (Å²) in [7, 11) is 0. The summed E-state index contributed by atoms with van der Waals surface area (Å²) in [5, 5.41) is 5.46. The summed E-state index contributed by atoms with van der Waals surface area (Å²) in [6.45, 7) is 2.09. The average molecular weight is 303 g/mol. The van der Waals surface area contributed by atoms with Crippen molar-refractivity contribution >= 4 is 23.2 Å². The van der Waals surface area contributed by atoms with Crippen LogP contribution in [0.5, 0.6) is 0 Å². The highest BCUT2D eigenvalue weighted by atomic mass is 35.5. The van der Waals surface area contributed by atoms with Gasteiger partial charge < -0.3 is 0 Å². The van der Waals surface area contributed by atoms with E-state index in [2.05, 4.69) is 24.2 Å². The normalized spacial score (nSPS) is 10.8. The van der Waals surface area contributed by atoms with Crippen molar-refractivity contribution in [3.8, 4) is 16.8 Å². The maximum atomic E-state index is 6.04. The van der Waals surface area contributed by atoms with Gasteiger partial charge in [-0.1, -0.05) is 47.5 Å². The van der Waals surface area contributed by atoms with Crippen LogP contribution in [0, 0.1) is 6.92 Å². The van der Waals surface area contributed by atoms with Gasteiger partial charge in [0.1, 0.15) is 0 Å². The van der Waals surface area contributed by atoms with E-state index in [0.717, 1.165) is 11.3 Å². The fourth-order valence-corrected chi connectivity index (χ4v) is 2.42. The summed E-state index contributed by atoms with van der Waals surface area (Å²) in [5.74, 6) is 0. The Morgan fingerprint density at radius 2 is 1.80 bits per heavy atom. The molecule has 2 aromatic carbocycles. The molecule has 20 heavy (non-hydrogen) atoms. The Bertz CT molecular complexity index is 763. The molecule has 0 bridgehead atoms. The molecule has 0 amide bonds. The first kappa shape index (κ1) is 13.2. The van der Waals surface area contributed by atoms with Crippen molar-refractivity contribution < 1.29 is 0 Å². The quantitative estimate of drug-likeness (QED) is 0.640. The Morgan fingerprint density at radius 3 is 2.55 bits per heavy atom.